The first-order valence-corrected chi connectivity index (χ1v) is 11.7. The number of anilines is 1. The van der Waals surface area contributed by atoms with Crippen LogP contribution in [0, 0.1) is 0 Å². The van der Waals surface area contributed by atoms with E-state index in [2.05, 4.69) is 21.5 Å². The molecule has 0 saturated carbocycles. The van der Waals surface area contributed by atoms with Crippen molar-refractivity contribution in [1.29, 1.82) is 0 Å². The molecule has 0 amide bonds. The second-order valence-corrected chi connectivity index (χ2v) is 9.22. The fraction of sp³-hybridized carbons (Fsp3) is 0.500. The predicted molar refractivity (Wildman–Crippen MR) is 122 cm³/mol. The molecule has 0 radical (unpaired) electrons. The summed E-state index contributed by atoms with van der Waals surface area (Å²) in [4.78, 5) is 20.0. The van der Waals surface area contributed by atoms with Crippen molar-refractivity contribution in [2.24, 2.45) is 0 Å². The van der Waals surface area contributed by atoms with Crippen molar-refractivity contribution in [2.45, 2.75) is 50.6 Å². The number of morpholine rings is 1. The van der Waals surface area contributed by atoms with Crippen LogP contribution in [0.1, 0.15) is 25.3 Å². The molecule has 34 heavy (non-hydrogen) atoms. The van der Waals surface area contributed by atoms with Gasteiger partial charge in [-0.05, 0) is 49.9 Å². The molecule has 1 aromatic carbocycles. The van der Waals surface area contributed by atoms with Gasteiger partial charge in [-0.25, -0.2) is 9.78 Å². The number of ether oxygens (including phenoxy) is 2. The summed E-state index contributed by atoms with van der Waals surface area (Å²) >= 11 is 6.02. The average Bonchev–Trinajstić information content (AvgIpc) is 2.81. The van der Waals surface area contributed by atoms with Crippen LogP contribution < -0.4 is 9.64 Å². The van der Waals surface area contributed by atoms with Crippen LogP contribution in [0.15, 0.2) is 42.6 Å². The lowest BCUT2D eigenvalue weighted by molar-refractivity contribution is -0.189. The highest BCUT2D eigenvalue weighted by Gasteiger charge is 2.41. The van der Waals surface area contributed by atoms with Crippen LogP contribution in [-0.2, 0) is 16.0 Å². The van der Waals surface area contributed by atoms with Crippen molar-refractivity contribution in [3.63, 3.8) is 0 Å². The molecule has 2 aliphatic heterocycles. The largest absolute Gasteiger partial charge is 0.491 e. The average molecular weight is 498 g/mol. The summed E-state index contributed by atoms with van der Waals surface area (Å²) in [5.41, 5.74) is 1.21. The van der Waals surface area contributed by atoms with E-state index in [4.69, 9.17) is 16.3 Å². The van der Waals surface area contributed by atoms with Crippen LogP contribution in [0.2, 0.25) is 5.02 Å². The lowest BCUT2D eigenvalue weighted by Crippen LogP contribution is -2.56. The number of piperidine rings is 1. The lowest BCUT2D eigenvalue weighted by atomic mass is 9.96. The standard InChI is InChI=1S/C24H27ClF3N3O3/c1-16-14-31(20(15-33-16)12-17-2-4-18(25)5-3-17)19-7-10-30(11-8-19)22-13-21(6-9-29-22)34-23(32)24(26,27)28/h2-6,9,13,16,19-20H,7-8,10-12,14-15H2,1H3/t16-,20-/m0/s1. The van der Waals surface area contributed by atoms with Gasteiger partial charge in [-0.3, -0.25) is 4.90 Å². The molecule has 3 heterocycles. The molecular weight excluding hydrogens is 471 g/mol. The second kappa shape index (κ2) is 10.5. The summed E-state index contributed by atoms with van der Waals surface area (Å²) in [5.74, 6) is -1.91. The molecule has 0 N–H and O–H groups in total. The second-order valence-electron chi connectivity index (χ2n) is 8.78. The van der Waals surface area contributed by atoms with Crippen molar-refractivity contribution in [3.8, 4) is 5.75 Å². The van der Waals surface area contributed by atoms with E-state index >= 15 is 0 Å². The molecule has 1 aromatic heterocycles. The molecular formula is C24H27ClF3N3O3. The highest BCUT2D eigenvalue weighted by molar-refractivity contribution is 6.30. The van der Waals surface area contributed by atoms with E-state index in [1.165, 1.54) is 23.9 Å². The first-order valence-electron chi connectivity index (χ1n) is 11.3. The topological polar surface area (TPSA) is 54.9 Å². The van der Waals surface area contributed by atoms with E-state index < -0.39 is 12.1 Å². The van der Waals surface area contributed by atoms with Gasteiger partial charge in [0.25, 0.3) is 0 Å². The zero-order valence-electron chi connectivity index (χ0n) is 18.8. The first-order chi connectivity index (χ1) is 16.2. The number of nitrogens with zero attached hydrogens (tertiary/aromatic N) is 3. The Labute approximate surface area is 201 Å². The van der Waals surface area contributed by atoms with Gasteiger partial charge in [-0.15, -0.1) is 0 Å². The Morgan fingerprint density at radius 1 is 1.21 bits per heavy atom. The normalized spacial score (nSPS) is 22.6. The van der Waals surface area contributed by atoms with Crippen molar-refractivity contribution in [1.82, 2.24) is 9.88 Å². The molecule has 2 aromatic rings. The third-order valence-corrected chi connectivity index (χ3v) is 6.56. The zero-order chi connectivity index (χ0) is 24.3. The van der Waals surface area contributed by atoms with Gasteiger partial charge < -0.3 is 14.4 Å². The number of carbonyl (C=O) groups excluding carboxylic acids is 1. The molecule has 2 fully saturated rings. The van der Waals surface area contributed by atoms with Crippen LogP contribution >= 0.6 is 11.6 Å². The number of benzene rings is 1. The van der Waals surface area contributed by atoms with Gasteiger partial charge in [0.2, 0.25) is 0 Å². The number of alkyl halides is 3. The van der Waals surface area contributed by atoms with Crippen molar-refractivity contribution in [3.05, 3.63) is 53.2 Å². The third-order valence-electron chi connectivity index (χ3n) is 6.31. The van der Waals surface area contributed by atoms with Gasteiger partial charge >= 0.3 is 12.1 Å². The van der Waals surface area contributed by atoms with E-state index in [9.17, 15) is 18.0 Å². The maximum Gasteiger partial charge on any atom is 0.491 e. The molecule has 2 saturated heterocycles. The fourth-order valence-corrected chi connectivity index (χ4v) is 4.74. The Morgan fingerprint density at radius 3 is 2.59 bits per heavy atom. The summed E-state index contributed by atoms with van der Waals surface area (Å²) in [7, 11) is 0. The van der Waals surface area contributed by atoms with Crippen molar-refractivity contribution < 1.29 is 27.4 Å². The molecule has 0 bridgehead atoms. The minimum Gasteiger partial charge on any atom is -0.420 e. The van der Waals surface area contributed by atoms with Gasteiger partial charge in [0.15, 0.2) is 0 Å². The lowest BCUT2D eigenvalue weighted by Gasteiger charge is -2.46. The Bertz CT molecular complexity index is 981. The summed E-state index contributed by atoms with van der Waals surface area (Å²) in [6.45, 7) is 5.00. The van der Waals surface area contributed by atoms with E-state index in [1.54, 1.807) is 0 Å². The first kappa shape index (κ1) is 24.8. The summed E-state index contributed by atoms with van der Waals surface area (Å²) in [6, 6.07) is 11.2. The van der Waals surface area contributed by atoms with Crippen molar-refractivity contribution >= 4 is 23.4 Å². The molecule has 0 spiro atoms. The van der Waals surface area contributed by atoms with Gasteiger partial charge in [0.05, 0.1) is 12.7 Å². The molecule has 0 aliphatic carbocycles. The molecule has 0 unspecified atom stereocenters. The molecule has 4 rings (SSSR count). The van der Waals surface area contributed by atoms with Crippen LogP contribution in [-0.4, -0.2) is 66.5 Å². The van der Waals surface area contributed by atoms with Crippen LogP contribution in [0.25, 0.3) is 0 Å². The molecule has 2 aliphatic rings. The third kappa shape index (κ3) is 6.20. The van der Waals surface area contributed by atoms with E-state index in [0.29, 0.717) is 36.6 Å². The number of hydrogen-bond donors (Lipinski definition) is 0. The molecule has 10 heteroatoms. The van der Waals surface area contributed by atoms with E-state index in [0.717, 1.165) is 25.8 Å². The van der Waals surface area contributed by atoms with Crippen molar-refractivity contribution in [2.75, 3.05) is 31.1 Å². The number of aromatic nitrogens is 1. The quantitative estimate of drug-likeness (QED) is 0.567. The monoisotopic (exact) mass is 497 g/mol. The van der Waals surface area contributed by atoms with Crippen LogP contribution in [0.4, 0.5) is 19.0 Å². The number of rotatable bonds is 5. The Kier molecular flexibility index (Phi) is 7.64. The smallest absolute Gasteiger partial charge is 0.420 e. The van der Waals surface area contributed by atoms with Gasteiger partial charge in [0.1, 0.15) is 11.6 Å². The van der Waals surface area contributed by atoms with Crippen LogP contribution in [0.3, 0.4) is 0 Å². The Hall–Kier alpha value is -2.36. The number of hydrogen-bond acceptors (Lipinski definition) is 6. The predicted octanol–water partition coefficient (Wildman–Crippen LogP) is 4.50. The van der Waals surface area contributed by atoms with Gasteiger partial charge in [-0.2, -0.15) is 13.2 Å². The number of pyridine rings is 1. The number of halogens is 4. The van der Waals surface area contributed by atoms with E-state index in [-0.39, 0.29) is 17.9 Å². The maximum atomic E-state index is 12.5. The minimum absolute atomic E-state index is 0.154. The Balaban J connectivity index is 1.38. The maximum absolute atomic E-state index is 12.5. The van der Waals surface area contributed by atoms with Crippen LogP contribution in [0.5, 0.6) is 5.75 Å². The highest BCUT2D eigenvalue weighted by Crippen LogP contribution is 2.29. The molecule has 6 nitrogen and oxygen atoms in total. The molecule has 184 valence electrons. The van der Waals surface area contributed by atoms with Gasteiger partial charge in [-0.1, -0.05) is 23.7 Å². The number of carbonyl (C=O) groups is 1. The SMILES string of the molecule is C[C@H]1CN(C2CCN(c3cc(OC(=O)C(F)(F)F)ccn3)CC2)[C@@H](Cc2ccc(Cl)cc2)CO1. The number of esters is 1. The summed E-state index contributed by atoms with van der Waals surface area (Å²) in [6.07, 6.45) is -0.888. The minimum atomic E-state index is -5.04. The summed E-state index contributed by atoms with van der Waals surface area (Å²) in [5, 5.41) is 0.715. The van der Waals surface area contributed by atoms with Gasteiger partial charge in [0, 0.05) is 49.0 Å². The zero-order valence-corrected chi connectivity index (χ0v) is 19.6. The fourth-order valence-electron chi connectivity index (χ4n) is 4.61. The Morgan fingerprint density at radius 2 is 1.91 bits per heavy atom. The highest BCUT2D eigenvalue weighted by atomic mass is 35.5. The summed E-state index contributed by atoms with van der Waals surface area (Å²) < 4.78 is 47.9. The van der Waals surface area contributed by atoms with E-state index in [1.807, 2.05) is 29.2 Å². The molecule has 2 atom stereocenters.